The molecule has 0 atom stereocenters. The highest BCUT2D eigenvalue weighted by atomic mass is 32.2. The number of ketones is 1. The van der Waals surface area contributed by atoms with Gasteiger partial charge in [0.1, 0.15) is 5.78 Å². The third kappa shape index (κ3) is 3.24. The first kappa shape index (κ1) is 17.5. The molecule has 4 aliphatic rings. The molecular weight excluding hydrogens is 356 g/mol. The zero-order valence-electron chi connectivity index (χ0n) is 16.0. The van der Waals surface area contributed by atoms with Crippen LogP contribution in [0.1, 0.15) is 49.7 Å². The number of hydrogen-bond acceptors (Lipinski definition) is 5. The van der Waals surface area contributed by atoms with Gasteiger partial charge in [-0.25, -0.2) is 0 Å². The van der Waals surface area contributed by atoms with Gasteiger partial charge in [0.2, 0.25) is 5.89 Å². The summed E-state index contributed by atoms with van der Waals surface area (Å²) < 4.78 is 5.84. The molecule has 4 aliphatic carbocycles. The van der Waals surface area contributed by atoms with E-state index in [-0.39, 0.29) is 5.41 Å². The third-order valence-corrected chi connectivity index (χ3v) is 7.65. The van der Waals surface area contributed by atoms with Crippen molar-refractivity contribution < 1.29 is 9.21 Å². The van der Waals surface area contributed by atoms with Crippen molar-refractivity contribution in [3.63, 3.8) is 0 Å². The highest BCUT2D eigenvalue weighted by molar-refractivity contribution is 7.99. The molecular formula is C22H26N2O2S. The van der Waals surface area contributed by atoms with Gasteiger partial charge in [-0.05, 0) is 82.3 Å². The average Bonchev–Trinajstić information content (AvgIpc) is 3.06. The molecule has 5 heteroatoms. The molecule has 0 saturated heterocycles. The fourth-order valence-electron chi connectivity index (χ4n) is 6.22. The van der Waals surface area contributed by atoms with Gasteiger partial charge in [-0.3, -0.25) is 4.79 Å². The maximum Gasteiger partial charge on any atom is 0.277 e. The number of carbonyl (C=O) groups is 1. The lowest BCUT2D eigenvalue weighted by molar-refractivity contribution is -0.141. The third-order valence-electron chi connectivity index (χ3n) is 6.83. The molecule has 0 spiro atoms. The molecule has 4 saturated carbocycles. The summed E-state index contributed by atoms with van der Waals surface area (Å²) in [6, 6.07) is 6.23. The second-order valence-corrected chi connectivity index (χ2v) is 10.1. The molecule has 1 heterocycles. The number of hydrogen-bond donors (Lipinski definition) is 0. The first-order chi connectivity index (χ1) is 13.0. The van der Waals surface area contributed by atoms with Gasteiger partial charge in [-0.15, -0.1) is 10.2 Å². The monoisotopic (exact) mass is 382 g/mol. The molecule has 27 heavy (non-hydrogen) atoms. The van der Waals surface area contributed by atoms with Gasteiger partial charge in [0.05, 0.1) is 5.75 Å². The molecule has 1 aromatic heterocycles. The quantitative estimate of drug-likeness (QED) is 0.663. The summed E-state index contributed by atoms with van der Waals surface area (Å²) in [4.78, 5) is 13.1. The van der Waals surface area contributed by atoms with Crippen molar-refractivity contribution in [2.24, 2.45) is 23.2 Å². The number of rotatable bonds is 5. The van der Waals surface area contributed by atoms with Gasteiger partial charge in [-0.2, -0.15) is 0 Å². The Morgan fingerprint density at radius 2 is 1.63 bits per heavy atom. The Bertz CT molecular complexity index is 833. The number of aryl methyl sites for hydroxylation is 2. The normalized spacial score (nSPS) is 31.4. The van der Waals surface area contributed by atoms with Crippen LogP contribution in [0.2, 0.25) is 0 Å². The molecule has 4 fully saturated rings. The maximum atomic E-state index is 13.1. The molecule has 4 nitrogen and oxygen atoms in total. The fraction of sp³-hybridized carbons (Fsp3) is 0.591. The standard InChI is InChI=1S/C22H26N2O2S/c1-13-3-14(2)5-18(4-13)20-23-24-21(26-20)27-12-19(25)22-9-15-6-16(10-22)8-17(7-15)11-22/h3-5,15-17H,6-12H2,1-2H3. The number of aromatic nitrogens is 2. The van der Waals surface area contributed by atoms with Crippen molar-refractivity contribution in [1.29, 1.82) is 0 Å². The Balaban J connectivity index is 1.27. The van der Waals surface area contributed by atoms with Gasteiger partial charge in [0, 0.05) is 11.0 Å². The predicted molar refractivity (Wildman–Crippen MR) is 106 cm³/mol. The SMILES string of the molecule is Cc1cc(C)cc(-c2nnc(SCC(=O)C34CC5CC(CC(C5)C3)C4)o2)c1. The number of thioether (sulfide) groups is 1. The van der Waals surface area contributed by atoms with E-state index in [2.05, 4.69) is 42.2 Å². The topological polar surface area (TPSA) is 56.0 Å². The summed E-state index contributed by atoms with van der Waals surface area (Å²) in [6.45, 7) is 4.12. The van der Waals surface area contributed by atoms with E-state index < -0.39 is 0 Å². The highest BCUT2D eigenvalue weighted by Gasteiger charge is 2.54. The molecule has 0 radical (unpaired) electrons. The summed E-state index contributed by atoms with van der Waals surface area (Å²) in [6.07, 6.45) is 7.45. The van der Waals surface area contributed by atoms with Crippen LogP contribution in [0.25, 0.3) is 11.5 Å². The van der Waals surface area contributed by atoms with Gasteiger partial charge >= 0.3 is 0 Å². The van der Waals surface area contributed by atoms with Crippen LogP contribution in [0.15, 0.2) is 27.8 Å². The zero-order chi connectivity index (χ0) is 18.6. The van der Waals surface area contributed by atoms with Crippen LogP contribution < -0.4 is 0 Å². The number of benzene rings is 1. The van der Waals surface area contributed by atoms with Crippen molar-refractivity contribution in [1.82, 2.24) is 10.2 Å². The van der Waals surface area contributed by atoms with Crippen LogP contribution in [0.3, 0.4) is 0 Å². The van der Waals surface area contributed by atoms with Crippen LogP contribution in [-0.2, 0) is 4.79 Å². The Morgan fingerprint density at radius 1 is 1.04 bits per heavy atom. The van der Waals surface area contributed by atoms with Gasteiger partial charge in [0.15, 0.2) is 0 Å². The summed E-state index contributed by atoms with van der Waals surface area (Å²) in [5.41, 5.74) is 3.25. The summed E-state index contributed by atoms with van der Waals surface area (Å²) >= 11 is 1.41. The van der Waals surface area contributed by atoms with E-state index in [1.54, 1.807) is 0 Å². The Morgan fingerprint density at radius 3 is 2.22 bits per heavy atom. The molecule has 0 unspecified atom stereocenters. The number of Topliss-reactive ketones (excluding diaryl/α,β-unsaturated/α-hetero) is 1. The first-order valence-corrected chi connectivity index (χ1v) is 11.1. The van der Waals surface area contributed by atoms with Crippen molar-refractivity contribution in [3.8, 4) is 11.5 Å². The molecule has 2 aromatic rings. The molecule has 142 valence electrons. The number of carbonyl (C=O) groups excluding carboxylic acids is 1. The predicted octanol–water partition coefficient (Wildman–Crippen LogP) is 5.23. The second kappa shape index (κ2) is 6.47. The first-order valence-electron chi connectivity index (χ1n) is 10.1. The average molecular weight is 383 g/mol. The maximum absolute atomic E-state index is 13.1. The van der Waals surface area contributed by atoms with Gasteiger partial charge in [-0.1, -0.05) is 29.0 Å². The van der Waals surface area contributed by atoms with Crippen LogP contribution in [0.4, 0.5) is 0 Å². The minimum absolute atomic E-state index is 0.0434. The molecule has 4 bridgehead atoms. The minimum atomic E-state index is -0.0434. The van der Waals surface area contributed by atoms with Crippen LogP contribution >= 0.6 is 11.8 Å². The Labute approximate surface area is 164 Å². The summed E-state index contributed by atoms with van der Waals surface area (Å²) in [5.74, 6) is 3.80. The van der Waals surface area contributed by atoms with Crippen molar-refractivity contribution in [2.75, 3.05) is 5.75 Å². The second-order valence-electron chi connectivity index (χ2n) is 9.16. The molecule has 6 rings (SSSR count). The lowest BCUT2D eigenvalue weighted by Crippen LogP contribution is -2.50. The molecule has 0 N–H and O–H groups in total. The lowest BCUT2D eigenvalue weighted by Gasteiger charge is -2.55. The van der Waals surface area contributed by atoms with Crippen LogP contribution in [0, 0.1) is 37.0 Å². The van der Waals surface area contributed by atoms with Gasteiger partial charge < -0.3 is 4.42 Å². The molecule has 0 amide bonds. The van der Waals surface area contributed by atoms with E-state index in [0.29, 0.717) is 22.6 Å². The highest BCUT2D eigenvalue weighted by Crippen LogP contribution is 2.60. The van der Waals surface area contributed by atoms with Crippen molar-refractivity contribution in [2.45, 2.75) is 57.6 Å². The number of nitrogens with zero attached hydrogens (tertiary/aromatic N) is 2. The van der Waals surface area contributed by atoms with E-state index in [4.69, 9.17) is 4.42 Å². The largest absolute Gasteiger partial charge is 0.411 e. The van der Waals surface area contributed by atoms with E-state index in [0.717, 1.165) is 42.6 Å². The van der Waals surface area contributed by atoms with Crippen LogP contribution in [0.5, 0.6) is 0 Å². The van der Waals surface area contributed by atoms with Crippen molar-refractivity contribution >= 4 is 17.5 Å². The Kier molecular flexibility index (Phi) is 4.19. The van der Waals surface area contributed by atoms with E-state index >= 15 is 0 Å². The summed E-state index contributed by atoms with van der Waals surface area (Å²) in [5, 5.41) is 8.86. The minimum Gasteiger partial charge on any atom is -0.411 e. The molecule has 0 aliphatic heterocycles. The Hall–Kier alpha value is -1.62. The summed E-state index contributed by atoms with van der Waals surface area (Å²) in [7, 11) is 0. The van der Waals surface area contributed by atoms with E-state index in [1.165, 1.54) is 42.2 Å². The zero-order valence-corrected chi connectivity index (χ0v) is 16.8. The smallest absolute Gasteiger partial charge is 0.277 e. The molecule has 1 aromatic carbocycles. The fourth-order valence-corrected chi connectivity index (χ4v) is 7.01. The van der Waals surface area contributed by atoms with E-state index in [1.807, 2.05) is 0 Å². The van der Waals surface area contributed by atoms with Crippen LogP contribution in [-0.4, -0.2) is 21.7 Å². The van der Waals surface area contributed by atoms with Crippen molar-refractivity contribution in [3.05, 3.63) is 29.3 Å². The lowest BCUT2D eigenvalue weighted by atomic mass is 9.48. The van der Waals surface area contributed by atoms with Gasteiger partial charge in [0.25, 0.3) is 5.22 Å². The van der Waals surface area contributed by atoms with E-state index in [9.17, 15) is 4.79 Å².